The van der Waals surface area contributed by atoms with Crippen LogP contribution in [0.1, 0.15) is 0 Å². The van der Waals surface area contributed by atoms with Crippen molar-refractivity contribution in [1.29, 1.82) is 0 Å². The summed E-state index contributed by atoms with van der Waals surface area (Å²) in [7, 11) is 0. The van der Waals surface area contributed by atoms with E-state index in [1.165, 1.54) is 11.8 Å². The quantitative estimate of drug-likeness (QED) is 0.241. The van der Waals surface area contributed by atoms with Crippen molar-refractivity contribution in [3.05, 3.63) is 108 Å². The van der Waals surface area contributed by atoms with Gasteiger partial charge in [-0.3, -0.25) is 14.3 Å². The number of nitrogens with zero attached hydrogens (tertiary/aromatic N) is 4. The number of amides is 1. The Kier molecular flexibility index (Phi) is 6.46. The van der Waals surface area contributed by atoms with Crippen LogP contribution in [0, 0.1) is 0 Å². The van der Waals surface area contributed by atoms with Gasteiger partial charge in [0.1, 0.15) is 0 Å². The highest BCUT2D eigenvalue weighted by Gasteiger charge is 2.23. The van der Waals surface area contributed by atoms with Crippen LogP contribution in [0.15, 0.2) is 113 Å². The van der Waals surface area contributed by atoms with Gasteiger partial charge in [0.15, 0.2) is 10.9 Å². The van der Waals surface area contributed by atoms with Crippen molar-refractivity contribution in [2.75, 3.05) is 10.7 Å². The van der Waals surface area contributed by atoms with E-state index in [-0.39, 0.29) is 11.7 Å². The highest BCUT2D eigenvalue weighted by atomic mass is 35.5. The highest BCUT2D eigenvalue weighted by Crippen LogP contribution is 2.33. The predicted molar refractivity (Wildman–Crippen MR) is 135 cm³/mol. The van der Waals surface area contributed by atoms with Crippen LogP contribution in [0.3, 0.4) is 0 Å². The number of para-hydroxylation sites is 3. The van der Waals surface area contributed by atoms with Gasteiger partial charge in [0.25, 0.3) is 0 Å². The third kappa shape index (κ3) is 4.48. The lowest BCUT2D eigenvalue weighted by atomic mass is 10.2. The second-order valence-electron chi connectivity index (χ2n) is 7.26. The Morgan fingerprint density at radius 1 is 0.853 bits per heavy atom. The van der Waals surface area contributed by atoms with E-state index in [2.05, 4.69) is 10.2 Å². The topological polar surface area (TPSA) is 64.2 Å². The van der Waals surface area contributed by atoms with Crippen molar-refractivity contribution >= 4 is 40.6 Å². The molecule has 34 heavy (non-hydrogen) atoms. The predicted octanol–water partition coefficient (Wildman–Crippen LogP) is 6.64. The Morgan fingerprint density at radius 2 is 1.50 bits per heavy atom. The molecule has 0 aliphatic carbocycles. The SMILES string of the molecule is O=C(CSc1nnc(-c2ccco2)n1-c1ccccc1Cl)N(c1ccccc1)c1ccccc1. The molecule has 0 bridgehead atoms. The summed E-state index contributed by atoms with van der Waals surface area (Å²) in [4.78, 5) is 15.2. The van der Waals surface area contributed by atoms with Crippen LogP contribution in [-0.2, 0) is 4.79 Å². The van der Waals surface area contributed by atoms with E-state index in [9.17, 15) is 4.79 Å². The van der Waals surface area contributed by atoms with Crippen LogP contribution in [0.5, 0.6) is 0 Å². The summed E-state index contributed by atoms with van der Waals surface area (Å²) in [6.07, 6.45) is 1.58. The van der Waals surface area contributed by atoms with Crippen LogP contribution >= 0.6 is 23.4 Å². The third-order valence-corrected chi connectivity index (χ3v) is 6.30. The summed E-state index contributed by atoms with van der Waals surface area (Å²) < 4.78 is 7.38. The molecule has 0 radical (unpaired) electrons. The van der Waals surface area contributed by atoms with Crippen molar-refractivity contribution in [1.82, 2.24) is 14.8 Å². The molecule has 8 heteroatoms. The average molecular weight is 487 g/mol. The summed E-state index contributed by atoms with van der Waals surface area (Å²) in [5.41, 5.74) is 2.30. The number of thioether (sulfide) groups is 1. The van der Waals surface area contributed by atoms with Gasteiger partial charge in [0.2, 0.25) is 11.7 Å². The van der Waals surface area contributed by atoms with Crippen molar-refractivity contribution in [2.45, 2.75) is 5.16 Å². The number of aromatic nitrogens is 3. The van der Waals surface area contributed by atoms with Crippen molar-refractivity contribution in [3.63, 3.8) is 0 Å². The lowest BCUT2D eigenvalue weighted by Crippen LogP contribution is -2.27. The molecule has 0 fully saturated rings. The number of carbonyl (C=O) groups excluding carboxylic acids is 1. The van der Waals surface area contributed by atoms with E-state index in [1.54, 1.807) is 23.3 Å². The van der Waals surface area contributed by atoms with E-state index < -0.39 is 0 Å². The van der Waals surface area contributed by atoms with Gasteiger partial charge in [-0.25, -0.2) is 0 Å². The number of hydrogen-bond acceptors (Lipinski definition) is 5. The molecule has 5 rings (SSSR count). The molecule has 3 aromatic carbocycles. The molecule has 0 unspecified atom stereocenters. The Morgan fingerprint density at radius 3 is 2.12 bits per heavy atom. The zero-order valence-corrected chi connectivity index (χ0v) is 19.5. The average Bonchev–Trinajstić information content (AvgIpc) is 3.55. The first kappa shape index (κ1) is 22.0. The number of carbonyl (C=O) groups is 1. The van der Waals surface area contributed by atoms with E-state index in [0.717, 1.165) is 11.4 Å². The van der Waals surface area contributed by atoms with E-state index in [4.69, 9.17) is 16.0 Å². The summed E-state index contributed by atoms with van der Waals surface area (Å²) >= 11 is 7.80. The van der Waals surface area contributed by atoms with Crippen molar-refractivity contribution in [2.24, 2.45) is 0 Å². The van der Waals surface area contributed by atoms with Gasteiger partial charge >= 0.3 is 0 Å². The van der Waals surface area contributed by atoms with Gasteiger partial charge in [-0.05, 0) is 48.5 Å². The van der Waals surface area contributed by atoms with Crippen LogP contribution in [0.2, 0.25) is 5.02 Å². The summed E-state index contributed by atoms with van der Waals surface area (Å²) in [6, 6.07) is 30.2. The van der Waals surface area contributed by atoms with Crippen LogP contribution in [0.4, 0.5) is 11.4 Å². The molecule has 6 nitrogen and oxygen atoms in total. The molecule has 0 spiro atoms. The lowest BCUT2D eigenvalue weighted by molar-refractivity contribution is -0.115. The second-order valence-corrected chi connectivity index (χ2v) is 8.61. The van der Waals surface area contributed by atoms with E-state index >= 15 is 0 Å². The second kappa shape index (κ2) is 9.99. The summed E-state index contributed by atoms with van der Waals surface area (Å²) in [5.74, 6) is 1.12. The van der Waals surface area contributed by atoms with Crippen LogP contribution in [0.25, 0.3) is 17.3 Å². The number of rotatable bonds is 7. The fourth-order valence-electron chi connectivity index (χ4n) is 3.56. The van der Waals surface area contributed by atoms with E-state index in [1.807, 2.05) is 89.5 Å². The molecule has 0 saturated carbocycles. The number of halogens is 1. The first-order valence-corrected chi connectivity index (χ1v) is 11.9. The van der Waals surface area contributed by atoms with Gasteiger partial charge in [0.05, 0.1) is 22.7 Å². The first-order valence-electron chi connectivity index (χ1n) is 10.5. The van der Waals surface area contributed by atoms with Gasteiger partial charge in [0, 0.05) is 11.4 Å². The number of hydrogen-bond donors (Lipinski definition) is 0. The Balaban J connectivity index is 1.48. The molecule has 5 aromatic rings. The van der Waals surface area contributed by atoms with Gasteiger partial charge in [-0.15, -0.1) is 10.2 Å². The van der Waals surface area contributed by atoms with Crippen LogP contribution < -0.4 is 4.90 Å². The minimum Gasteiger partial charge on any atom is -0.461 e. The standard InChI is InChI=1S/C26H19ClN4O2S/c27-21-14-7-8-15-22(21)31-25(23-16-9-17-33-23)28-29-26(31)34-18-24(32)30(19-10-3-1-4-11-19)20-12-5-2-6-13-20/h1-17H,18H2. The Bertz CT molecular complexity index is 1350. The largest absolute Gasteiger partial charge is 0.461 e. The maximum atomic E-state index is 13.5. The Labute approximate surface area is 205 Å². The lowest BCUT2D eigenvalue weighted by Gasteiger charge is -2.23. The van der Waals surface area contributed by atoms with Gasteiger partial charge in [-0.1, -0.05) is 71.9 Å². The Hall–Kier alpha value is -3.81. The zero-order chi connectivity index (χ0) is 23.3. The molecule has 168 valence electrons. The zero-order valence-electron chi connectivity index (χ0n) is 17.9. The molecule has 0 atom stereocenters. The molecular weight excluding hydrogens is 468 g/mol. The number of benzene rings is 3. The minimum absolute atomic E-state index is 0.0874. The number of furan rings is 1. The molecule has 0 N–H and O–H groups in total. The van der Waals surface area contributed by atoms with Crippen molar-refractivity contribution in [3.8, 4) is 17.3 Å². The molecule has 2 aromatic heterocycles. The monoisotopic (exact) mass is 486 g/mol. The van der Waals surface area contributed by atoms with Crippen LogP contribution in [-0.4, -0.2) is 26.4 Å². The first-order chi connectivity index (χ1) is 16.7. The van der Waals surface area contributed by atoms with Gasteiger partial charge < -0.3 is 4.42 Å². The maximum Gasteiger partial charge on any atom is 0.242 e. The third-order valence-electron chi connectivity index (χ3n) is 5.07. The number of anilines is 2. The molecule has 0 aliphatic heterocycles. The van der Waals surface area contributed by atoms with Gasteiger partial charge in [-0.2, -0.15) is 0 Å². The molecule has 2 heterocycles. The maximum absolute atomic E-state index is 13.5. The molecule has 0 aliphatic rings. The molecule has 1 amide bonds. The van der Waals surface area contributed by atoms with Crippen molar-refractivity contribution < 1.29 is 9.21 Å². The van der Waals surface area contributed by atoms with E-state index in [0.29, 0.717) is 27.5 Å². The molecular formula is C26H19ClN4O2S. The normalized spacial score (nSPS) is 10.9. The smallest absolute Gasteiger partial charge is 0.242 e. The molecule has 0 saturated heterocycles. The highest BCUT2D eigenvalue weighted by molar-refractivity contribution is 7.99. The fraction of sp³-hybridized carbons (Fsp3) is 0.0385. The summed E-state index contributed by atoms with van der Waals surface area (Å²) in [5, 5.41) is 9.76. The minimum atomic E-state index is -0.0874. The fourth-order valence-corrected chi connectivity index (χ4v) is 4.58. The summed E-state index contributed by atoms with van der Waals surface area (Å²) in [6.45, 7) is 0.